The first-order valence-electron chi connectivity index (χ1n) is 5.00. The van der Waals surface area contributed by atoms with Crippen LogP contribution in [-0.2, 0) is 4.79 Å². The summed E-state index contributed by atoms with van der Waals surface area (Å²) in [5.74, 6) is -0.173. The Balaban J connectivity index is 2.64. The Bertz CT molecular complexity index is 443. The van der Waals surface area contributed by atoms with Gasteiger partial charge >= 0.3 is 5.97 Å². The fourth-order valence-electron chi connectivity index (χ4n) is 1.28. The van der Waals surface area contributed by atoms with Gasteiger partial charge in [-0.05, 0) is 46.6 Å². The predicted molar refractivity (Wildman–Crippen MR) is 70.6 cm³/mol. The zero-order valence-electron chi connectivity index (χ0n) is 9.66. The third-order valence-corrected chi connectivity index (χ3v) is 2.71. The van der Waals surface area contributed by atoms with E-state index in [1.807, 2.05) is 18.2 Å². The van der Waals surface area contributed by atoms with E-state index in [1.54, 1.807) is 14.0 Å². The number of rotatable bonds is 5. The van der Waals surface area contributed by atoms with Crippen LogP contribution < -0.4 is 10.1 Å². The molecule has 2 N–H and O–H groups in total. The van der Waals surface area contributed by atoms with Crippen LogP contribution in [0.3, 0.4) is 0 Å². The summed E-state index contributed by atoms with van der Waals surface area (Å²) in [6, 6.07) is 5.59. The van der Waals surface area contributed by atoms with Gasteiger partial charge in [0.1, 0.15) is 5.75 Å². The van der Waals surface area contributed by atoms with Crippen molar-refractivity contribution in [3.05, 3.63) is 34.3 Å². The maximum Gasteiger partial charge on any atom is 0.328 e. The Labute approximate surface area is 108 Å². The maximum atomic E-state index is 10.4. The zero-order valence-corrected chi connectivity index (χ0v) is 11.2. The van der Waals surface area contributed by atoms with Crippen molar-refractivity contribution in [1.82, 2.24) is 0 Å². The van der Waals surface area contributed by atoms with E-state index < -0.39 is 5.97 Å². The predicted octanol–water partition coefficient (Wildman–Crippen LogP) is 2.90. The quantitative estimate of drug-likeness (QED) is 0.821. The highest BCUT2D eigenvalue weighted by Gasteiger charge is 2.01. The first-order valence-corrected chi connectivity index (χ1v) is 5.79. The second-order valence-electron chi connectivity index (χ2n) is 3.53. The molecule has 5 heteroatoms. The van der Waals surface area contributed by atoms with E-state index in [0.717, 1.165) is 21.5 Å². The lowest BCUT2D eigenvalue weighted by atomic mass is 10.2. The first-order chi connectivity index (χ1) is 8.02. The average Bonchev–Trinajstić information content (AvgIpc) is 2.25. The molecule has 0 aliphatic carbocycles. The number of carboxylic acid groups (broad SMARTS) is 1. The third kappa shape index (κ3) is 4.48. The molecule has 0 aliphatic rings. The van der Waals surface area contributed by atoms with E-state index in [2.05, 4.69) is 21.2 Å². The van der Waals surface area contributed by atoms with Crippen molar-refractivity contribution in [3.63, 3.8) is 0 Å². The number of ether oxygens (including phenoxy) is 1. The van der Waals surface area contributed by atoms with Crippen LogP contribution in [0.15, 0.2) is 34.3 Å². The summed E-state index contributed by atoms with van der Waals surface area (Å²) in [4.78, 5) is 10.4. The summed E-state index contributed by atoms with van der Waals surface area (Å²) in [5.41, 5.74) is 1.65. The molecule has 92 valence electrons. The molecule has 17 heavy (non-hydrogen) atoms. The molecule has 4 nitrogen and oxygen atoms in total. The molecule has 0 spiro atoms. The molecule has 0 unspecified atom stereocenters. The van der Waals surface area contributed by atoms with Crippen LogP contribution in [0.1, 0.15) is 6.92 Å². The van der Waals surface area contributed by atoms with E-state index in [-0.39, 0.29) is 0 Å². The van der Waals surface area contributed by atoms with Crippen LogP contribution in [0.25, 0.3) is 0 Å². The van der Waals surface area contributed by atoms with Gasteiger partial charge in [0.15, 0.2) is 0 Å². The molecule has 1 aromatic carbocycles. The molecule has 0 aliphatic heterocycles. The summed E-state index contributed by atoms with van der Waals surface area (Å²) < 4.78 is 5.97. The second kappa shape index (κ2) is 6.30. The number of anilines is 1. The molecule has 0 saturated heterocycles. The van der Waals surface area contributed by atoms with Crippen molar-refractivity contribution in [2.45, 2.75) is 6.92 Å². The minimum Gasteiger partial charge on any atom is -0.496 e. The summed E-state index contributed by atoms with van der Waals surface area (Å²) in [6.07, 6.45) is 1.19. The molecular formula is C12H14BrNO3. The van der Waals surface area contributed by atoms with E-state index in [1.165, 1.54) is 6.08 Å². The highest BCUT2D eigenvalue weighted by molar-refractivity contribution is 9.10. The molecule has 0 atom stereocenters. The number of hydrogen-bond donors (Lipinski definition) is 2. The van der Waals surface area contributed by atoms with Crippen molar-refractivity contribution < 1.29 is 14.6 Å². The molecule has 0 fully saturated rings. The van der Waals surface area contributed by atoms with Gasteiger partial charge in [-0.3, -0.25) is 0 Å². The van der Waals surface area contributed by atoms with Gasteiger partial charge in [0.2, 0.25) is 0 Å². The fraction of sp³-hybridized carbons (Fsp3) is 0.250. The van der Waals surface area contributed by atoms with Crippen LogP contribution >= 0.6 is 15.9 Å². The Kier molecular flexibility index (Phi) is 5.03. The Hall–Kier alpha value is -1.49. The molecular weight excluding hydrogens is 286 g/mol. The van der Waals surface area contributed by atoms with Gasteiger partial charge in [0.05, 0.1) is 11.6 Å². The summed E-state index contributed by atoms with van der Waals surface area (Å²) in [6.45, 7) is 2.25. The topological polar surface area (TPSA) is 58.6 Å². The van der Waals surface area contributed by atoms with Gasteiger partial charge in [-0.25, -0.2) is 4.79 Å². The number of methoxy groups -OCH3 is 1. The largest absolute Gasteiger partial charge is 0.496 e. The lowest BCUT2D eigenvalue weighted by Gasteiger charge is -2.09. The van der Waals surface area contributed by atoms with Crippen LogP contribution in [0, 0.1) is 0 Å². The lowest BCUT2D eigenvalue weighted by molar-refractivity contribution is -0.131. The van der Waals surface area contributed by atoms with Crippen LogP contribution in [0.4, 0.5) is 5.69 Å². The van der Waals surface area contributed by atoms with Crippen LogP contribution in [0.2, 0.25) is 0 Å². The minimum atomic E-state index is -0.930. The molecule has 0 amide bonds. The number of halogens is 1. The van der Waals surface area contributed by atoms with Crippen molar-refractivity contribution in [3.8, 4) is 5.75 Å². The Morgan fingerprint density at radius 3 is 2.82 bits per heavy atom. The smallest absolute Gasteiger partial charge is 0.328 e. The van der Waals surface area contributed by atoms with Crippen LogP contribution in [0.5, 0.6) is 5.75 Å². The Morgan fingerprint density at radius 1 is 1.59 bits per heavy atom. The second-order valence-corrected chi connectivity index (χ2v) is 4.39. The van der Waals surface area contributed by atoms with Crippen LogP contribution in [-0.4, -0.2) is 24.7 Å². The molecule has 0 bridgehead atoms. The number of benzene rings is 1. The van der Waals surface area contributed by atoms with Crippen molar-refractivity contribution >= 4 is 27.6 Å². The van der Waals surface area contributed by atoms with Gasteiger partial charge in [-0.1, -0.05) is 0 Å². The summed E-state index contributed by atoms with van der Waals surface area (Å²) in [5, 5.41) is 11.7. The number of nitrogens with one attached hydrogen (secondary N) is 1. The molecule has 0 saturated carbocycles. The van der Waals surface area contributed by atoms with Gasteiger partial charge < -0.3 is 15.2 Å². The first kappa shape index (κ1) is 13.6. The molecule has 0 radical (unpaired) electrons. The number of carboxylic acids is 1. The molecule has 0 aromatic heterocycles. The van der Waals surface area contributed by atoms with Gasteiger partial charge in [0.25, 0.3) is 0 Å². The van der Waals surface area contributed by atoms with Gasteiger partial charge in [0, 0.05) is 18.3 Å². The SMILES string of the molecule is COc1ccc(NC/C(C)=C/C(=O)O)cc1Br. The summed E-state index contributed by atoms with van der Waals surface area (Å²) in [7, 11) is 1.60. The standard InChI is InChI=1S/C12H14BrNO3/c1-8(5-12(15)16)7-14-9-3-4-11(17-2)10(13)6-9/h3-6,14H,7H2,1-2H3,(H,15,16)/b8-5+. The Morgan fingerprint density at radius 2 is 2.29 bits per heavy atom. The fourth-order valence-corrected chi connectivity index (χ4v) is 1.82. The zero-order chi connectivity index (χ0) is 12.8. The maximum absolute atomic E-state index is 10.4. The monoisotopic (exact) mass is 299 g/mol. The summed E-state index contributed by atoms with van der Waals surface area (Å²) >= 11 is 3.38. The molecule has 1 aromatic rings. The normalized spacial score (nSPS) is 11.1. The number of hydrogen-bond acceptors (Lipinski definition) is 3. The highest BCUT2D eigenvalue weighted by Crippen LogP contribution is 2.27. The van der Waals surface area contributed by atoms with E-state index in [9.17, 15) is 4.79 Å². The van der Waals surface area contributed by atoms with Gasteiger partial charge in [-0.2, -0.15) is 0 Å². The minimum absolute atomic E-state index is 0.491. The van der Waals surface area contributed by atoms with E-state index >= 15 is 0 Å². The lowest BCUT2D eigenvalue weighted by Crippen LogP contribution is -2.04. The third-order valence-electron chi connectivity index (χ3n) is 2.09. The molecule has 0 heterocycles. The van der Waals surface area contributed by atoms with E-state index in [0.29, 0.717) is 6.54 Å². The number of aliphatic carboxylic acids is 1. The molecule has 1 rings (SSSR count). The van der Waals surface area contributed by atoms with E-state index in [4.69, 9.17) is 9.84 Å². The number of carbonyl (C=O) groups is 1. The van der Waals surface area contributed by atoms with Crippen molar-refractivity contribution in [2.24, 2.45) is 0 Å². The average molecular weight is 300 g/mol. The highest BCUT2D eigenvalue weighted by atomic mass is 79.9. The van der Waals surface area contributed by atoms with Crippen molar-refractivity contribution in [1.29, 1.82) is 0 Å². The van der Waals surface area contributed by atoms with Crippen molar-refractivity contribution in [2.75, 3.05) is 19.0 Å². The van der Waals surface area contributed by atoms with Gasteiger partial charge in [-0.15, -0.1) is 0 Å².